The first-order valence-electron chi connectivity index (χ1n) is 11.2. The molecule has 2 aromatic carbocycles. The lowest BCUT2D eigenvalue weighted by Gasteiger charge is -2.16. The number of carbonyl (C=O) groups is 2. The van der Waals surface area contributed by atoms with Crippen molar-refractivity contribution in [2.75, 3.05) is 13.1 Å². The van der Waals surface area contributed by atoms with E-state index in [1.165, 1.54) is 12.1 Å². The maximum absolute atomic E-state index is 12.7. The first-order valence-corrected chi connectivity index (χ1v) is 12.7. The zero-order valence-electron chi connectivity index (χ0n) is 18.0. The second-order valence-corrected chi connectivity index (χ2v) is 10.2. The molecular formula is C24H29N3O4S. The SMILES string of the molecule is O=C(NCc1cccc(C(=O)N2CCCC2)c1)c1cccc(S(=O)(=O)NC2CCCC2)c1. The van der Waals surface area contributed by atoms with Gasteiger partial charge in [0, 0.05) is 36.8 Å². The Balaban J connectivity index is 1.40. The predicted octanol–water partition coefficient (Wildman–Crippen LogP) is 3.07. The Morgan fingerprint density at radius 1 is 0.906 bits per heavy atom. The Hall–Kier alpha value is -2.71. The predicted molar refractivity (Wildman–Crippen MR) is 122 cm³/mol. The molecular weight excluding hydrogens is 426 g/mol. The van der Waals surface area contributed by atoms with E-state index in [4.69, 9.17) is 0 Å². The average molecular weight is 456 g/mol. The first kappa shape index (κ1) is 22.5. The molecule has 1 saturated carbocycles. The largest absolute Gasteiger partial charge is 0.348 e. The number of nitrogens with zero attached hydrogens (tertiary/aromatic N) is 1. The molecule has 4 rings (SSSR count). The Morgan fingerprint density at radius 2 is 1.59 bits per heavy atom. The molecule has 32 heavy (non-hydrogen) atoms. The fourth-order valence-electron chi connectivity index (χ4n) is 4.34. The number of nitrogens with one attached hydrogen (secondary N) is 2. The lowest BCUT2D eigenvalue weighted by molar-refractivity contribution is 0.0792. The highest BCUT2D eigenvalue weighted by Crippen LogP contribution is 2.21. The van der Waals surface area contributed by atoms with E-state index in [0.717, 1.165) is 57.2 Å². The van der Waals surface area contributed by atoms with Gasteiger partial charge in [0.25, 0.3) is 11.8 Å². The number of sulfonamides is 1. The molecule has 1 heterocycles. The number of rotatable bonds is 7. The van der Waals surface area contributed by atoms with Crippen LogP contribution in [-0.4, -0.2) is 44.3 Å². The highest BCUT2D eigenvalue weighted by atomic mass is 32.2. The number of hydrogen-bond acceptors (Lipinski definition) is 4. The standard InChI is InChI=1S/C24H29N3O4S/c28-23(19-8-6-12-22(16-19)32(30,31)26-21-10-1-2-11-21)25-17-18-7-5-9-20(15-18)24(29)27-13-3-4-14-27/h5-9,12,15-16,21,26H,1-4,10-11,13-14,17H2,(H,25,28). The minimum atomic E-state index is -3.66. The topological polar surface area (TPSA) is 95.6 Å². The molecule has 0 aromatic heterocycles. The van der Waals surface area contributed by atoms with Crippen LogP contribution in [0.3, 0.4) is 0 Å². The van der Waals surface area contributed by atoms with Crippen LogP contribution in [0, 0.1) is 0 Å². The van der Waals surface area contributed by atoms with Gasteiger partial charge in [0.15, 0.2) is 0 Å². The molecule has 1 saturated heterocycles. The fraction of sp³-hybridized carbons (Fsp3) is 0.417. The van der Waals surface area contributed by atoms with Crippen LogP contribution in [0.5, 0.6) is 0 Å². The van der Waals surface area contributed by atoms with Crippen molar-refractivity contribution in [2.24, 2.45) is 0 Å². The normalized spacial score (nSPS) is 16.9. The summed E-state index contributed by atoms with van der Waals surface area (Å²) in [5, 5.41) is 2.82. The third-order valence-electron chi connectivity index (χ3n) is 6.10. The van der Waals surface area contributed by atoms with Gasteiger partial charge >= 0.3 is 0 Å². The van der Waals surface area contributed by atoms with Crippen molar-refractivity contribution in [3.8, 4) is 0 Å². The molecule has 0 atom stereocenters. The van der Waals surface area contributed by atoms with Crippen molar-refractivity contribution in [1.82, 2.24) is 14.9 Å². The summed E-state index contributed by atoms with van der Waals surface area (Å²) in [4.78, 5) is 27.2. The molecule has 2 fully saturated rings. The van der Waals surface area contributed by atoms with Gasteiger partial charge in [-0.3, -0.25) is 9.59 Å². The molecule has 1 aliphatic carbocycles. The van der Waals surface area contributed by atoms with Crippen LogP contribution in [0.15, 0.2) is 53.4 Å². The van der Waals surface area contributed by atoms with Gasteiger partial charge in [-0.15, -0.1) is 0 Å². The van der Waals surface area contributed by atoms with Crippen molar-refractivity contribution in [2.45, 2.75) is 56.0 Å². The van der Waals surface area contributed by atoms with Gasteiger partial charge in [-0.2, -0.15) is 0 Å². The summed E-state index contributed by atoms with van der Waals surface area (Å²) in [5.74, 6) is -0.345. The monoisotopic (exact) mass is 455 g/mol. The van der Waals surface area contributed by atoms with Gasteiger partial charge in [0.2, 0.25) is 10.0 Å². The van der Waals surface area contributed by atoms with Crippen LogP contribution < -0.4 is 10.0 Å². The second-order valence-electron chi connectivity index (χ2n) is 8.51. The molecule has 0 radical (unpaired) electrons. The summed E-state index contributed by atoms with van der Waals surface area (Å²) in [6.45, 7) is 1.82. The van der Waals surface area contributed by atoms with E-state index >= 15 is 0 Å². The van der Waals surface area contributed by atoms with Crippen LogP contribution >= 0.6 is 0 Å². The minimum Gasteiger partial charge on any atom is -0.348 e. The molecule has 8 heteroatoms. The molecule has 170 valence electrons. The van der Waals surface area contributed by atoms with Gasteiger partial charge in [-0.1, -0.05) is 31.0 Å². The maximum Gasteiger partial charge on any atom is 0.253 e. The van der Waals surface area contributed by atoms with Gasteiger partial charge < -0.3 is 10.2 Å². The molecule has 2 amide bonds. The van der Waals surface area contributed by atoms with Gasteiger partial charge in [0.1, 0.15) is 0 Å². The summed E-state index contributed by atoms with van der Waals surface area (Å²) < 4.78 is 28.1. The van der Waals surface area contributed by atoms with Crippen molar-refractivity contribution in [3.05, 3.63) is 65.2 Å². The summed E-state index contributed by atoms with van der Waals surface area (Å²) in [6, 6.07) is 13.3. The van der Waals surface area contributed by atoms with Crippen LogP contribution in [0.4, 0.5) is 0 Å². The van der Waals surface area contributed by atoms with Crippen LogP contribution in [0.2, 0.25) is 0 Å². The molecule has 2 N–H and O–H groups in total. The third kappa shape index (κ3) is 5.37. The number of carbonyl (C=O) groups excluding carboxylic acids is 2. The maximum atomic E-state index is 12.7. The second kappa shape index (κ2) is 9.83. The van der Waals surface area contributed by atoms with E-state index < -0.39 is 10.0 Å². The minimum absolute atomic E-state index is 0.0170. The number of benzene rings is 2. The van der Waals surface area contributed by atoms with Crippen LogP contribution in [0.25, 0.3) is 0 Å². The molecule has 7 nitrogen and oxygen atoms in total. The summed E-state index contributed by atoms with van der Waals surface area (Å²) >= 11 is 0. The third-order valence-corrected chi connectivity index (χ3v) is 7.62. The molecule has 2 aliphatic rings. The van der Waals surface area contributed by atoms with E-state index in [1.807, 2.05) is 17.0 Å². The average Bonchev–Trinajstić information content (AvgIpc) is 3.51. The summed E-state index contributed by atoms with van der Waals surface area (Å²) in [7, 11) is -3.66. The highest BCUT2D eigenvalue weighted by Gasteiger charge is 2.24. The molecule has 2 aromatic rings. The fourth-order valence-corrected chi connectivity index (χ4v) is 5.69. The first-order chi connectivity index (χ1) is 15.4. The van der Waals surface area contributed by atoms with Crippen molar-refractivity contribution >= 4 is 21.8 Å². The van der Waals surface area contributed by atoms with Crippen LogP contribution in [-0.2, 0) is 16.6 Å². The summed E-state index contributed by atoms with van der Waals surface area (Å²) in [5.41, 5.74) is 1.71. The molecule has 0 unspecified atom stereocenters. The Labute approximate surface area is 189 Å². The van der Waals surface area contributed by atoms with E-state index in [2.05, 4.69) is 10.0 Å². The number of hydrogen-bond donors (Lipinski definition) is 2. The Kier molecular flexibility index (Phi) is 6.91. The van der Waals surface area contributed by atoms with Gasteiger partial charge in [0.05, 0.1) is 4.90 Å². The molecule has 0 spiro atoms. The zero-order valence-corrected chi connectivity index (χ0v) is 18.9. The lowest BCUT2D eigenvalue weighted by Crippen LogP contribution is -2.32. The molecule has 1 aliphatic heterocycles. The lowest BCUT2D eigenvalue weighted by atomic mass is 10.1. The Morgan fingerprint density at radius 3 is 2.34 bits per heavy atom. The van der Waals surface area contributed by atoms with Crippen LogP contribution in [0.1, 0.15) is 64.8 Å². The van der Waals surface area contributed by atoms with Crippen molar-refractivity contribution < 1.29 is 18.0 Å². The quantitative estimate of drug-likeness (QED) is 0.671. The summed E-state index contributed by atoms with van der Waals surface area (Å²) in [6.07, 6.45) is 5.82. The van der Waals surface area contributed by atoms with E-state index in [-0.39, 0.29) is 34.9 Å². The highest BCUT2D eigenvalue weighted by molar-refractivity contribution is 7.89. The smallest absolute Gasteiger partial charge is 0.253 e. The van der Waals surface area contributed by atoms with E-state index in [9.17, 15) is 18.0 Å². The van der Waals surface area contributed by atoms with Gasteiger partial charge in [-0.25, -0.2) is 13.1 Å². The number of amides is 2. The molecule has 0 bridgehead atoms. The Bertz CT molecular complexity index is 1090. The number of likely N-dealkylation sites (tertiary alicyclic amines) is 1. The van der Waals surface area contributed by atoms with Crippen molar-refractivity contribution in [3.63, 3.8) is 0 Å². The van der Waals surface area contributed by atoms with Gasteiger partial charge in [-0.05, 0) is 61.6 Å². The van der Waals surface area contributed by atoms with E-state index in [0.29, 0.717) is 5.56 Å². The van der Waals surface area contributed by atoms with Crippen molar-refractivity contribution in [1.29, 1.82) is 0 Å². The van der Waals surface area contributed by atoms with E-state index in [1.54, 1.807) is 24.3 Å². The zero-order chi connectivity index (χ0) is 22.6.